The molecule has 2 aliphatic heterocycles. The zero-order valence-corrected chi connectivity index (χ0v) is 25.0. The van der Waals surface area contributed by atoms with Crippen molar-refractivity contribution in [1.82, 2.24) is 9.97 Å². The fourth-order valence-electron chi connectivity index (χ4n) is 4.46. The second kappa shape index (κ2) is 13.2. The normalized spacial score (nSPS) is 36.5. The Bertz CT molecular complexity index is 1470. The number of anilines is 1. The molecule has 0 bridgehead atoms. The van der Waals surface area contributed by atoms with E-state index < -0.39 is 88.6 Å². The third kappa shape index (κ3) is 7.06. The number of ether oxygens (including phenoxy) is 2. The molecule has 16 nitrogen and oxygen atoms in total. The second-order valence-electron chi connectivity index (χ2n) is 9.36. The Hall–Kier alpha value is -1.38. The minimum atomic E-state index is -5.55. The van der Waals surface area contributed by atoms with Gasteiger partial charge in [-0.2, -0.15) is 0 Å². The van der Waals surface area contributed by atoms with Gasteiger partial charge in [0, 0.05) is 5.56 Å². The van der Waals surface area contributed by atoms with Crippen molar-refractivity contribution in [3.05, 3.63) is 35.7 Å². The zero-order valence-electron chi connectivity index (χ0n) is 21.6. The number of aliphatic hydroxyl groups is 5. The number of halogens is 2. The highest BCUT2D eigenvalue weighted by atomic mass is 32.5. The molecule has 0 amide bonds. The van der Waals surface area contributed by atoms with E-state index in [-0.39, 0.29) is 16.9 Å². The summed E-state index contributed by atoms with van der Waals surface area (Å²) in [6, 6.07) is 0. The van der Waals surface area contributed by atoms with E-state index in [2.05, 4.69) is 31.1 Å². The van der Waals surface area contributed by atoms with E-state index in [0.29, 0.717) is 4.70 Å². The summed E-state index contributed by atoms with van der Waals surface area (Å²) in [4.78, 5) is 28.5. The number of fused-ring (bicyclic) bond motifs is 1. The smallest absolute Gasteiger partial charge is 0.393 e. The Morgan fingerprint density at radius 3 is 2.60 bits per heavy atom. The van der Waals surface area contributed by atoms with Gasteiger partial charge in [0.05, 0.1) is 23.4 Å². The van der Waals surface area contributed by atoms with Crippen molar-refractivity contribution in [2.45, 2.75) is 60.9 Å². The number of nitrogens with zero attached hydrogens (tertiary/aromatic N) is 2. The summed E-state index contributed by atoms with van der Waals surface area (Å²) in [7, 11) is -5.55. The SMILES string of the molecule is C=C=C[C@@]1(F)[C@H](O)[C@@H](COP(O)(=S)OP(=O)(O)OC2OC([C@@H](F)CO)C(O)C(O)C2O)O[C@H]1c1csc2c(N)ncnc12. The van der Waals surface area contributed by atoms with E-state index in [9.17, 15) is 39.2 Å². The maximum absolute atomic E-state index is 16.2. The number of phosphoric acid groups is 1. The van der Waals surface area contributed by atoms with Gasteiger partial charge in [-0.25, -0.2) is 27.6 Å². The molecule has 12 atom stereocenters. The number of phosphoric ester groups is 1. The summed E-state index contributed by atoms with van der Waals surface area (Å²) in [5.74, 6) is 0.127. The first kappa shape index (κ1) is 34.5. The summed E-state index contributed by atoms with van der Waals surface area (Å²) < 4.78 is 67.8. The number of alkyl halides is 2. The van der Waals surface area contributed by atoms with E-state index in [0.717, 1.165) is 23.7 Å². The summed E-state index contributed by atoms with van der Waals surface area (Å²) in [5.41, 5.74) is 5.88. The molecule has 4 heterocycles. The molecule has 2 aromatic heterocycles. The molecule has 43 heavy (non-hydrogen) atoms. The lowest BCUT2D eigenvalue weighted by Crippen LogP contribution is -2.60. The standard InChI is InChI=1S/C21H27F2N3O13P2S2/c1-2-3-21(23)17(31)10(36-18(21)8-6-43-16-11(8)25-7-26-19(16)24)5-35-41(34,42)39-40(32,33)38-20-14(30)12(28)13(29)15(37-20)9(22)4-27/h3,6-7,9-10,12-15,17-18,20,27-31H,1,4-5H2,(H,32,33)(H,34,42)(H2,24,25,26)/t9-,10+,12?,13?,14?,15?,17+,18-,20?,21+,41?/m0/s1. The van der Waals surface area contributed by atoms with Crippen molar-refractivity contribution in [3.63, 3.8) is 0 Å². The number of aromatic nitrogens is 2. The summed E-state index contributed by atoms with van der Waals surface area (Å²) in [6.45, 7) is -3.53. The van der Waals surface area contributed by atoms with Gasteiger partial charge in [0.15, 0.2) is 18.1 Å². The molecular weight excluding hydrogens is 666 g/mol. The first-order valence-corrected chi connectivity index (χ1v) is 17.0. The third-order valence-corrected chi connectivity index (χ3v) is 11.0. The van der Waals surface area contributed by atoms with Crippen molar-refractivity contribution in [1.29, 1.82) is 0 Å². The summed E-state index contributed by atoms with van der Waals surface area (Å²) >= 11 is 5.81. The van der Waals surface area contributed by atoms with Gasteiger partial charge in [0.1, 0.15) is 54.9 Å². The van der Waals surface area contributed by atoms with Gasteiger partial charge in [0.25, 0.3) is 0 Å². The van der Waals surface area contributed by atoms with Gasteiger partial charge in [-0.05, 0) is 23.3 Å². The molecule has 240 valence electrons. The number of nitrogen functional groups attached to an aromatic ring is 1. The predicted octanol–water partition coefficient (Wildman–Crippen LogP) is -0.371. The van der Waals surface area contributed by atoms with Crippen LogP contribution in [0.4, 0.5) is 14.6 Å². The zero-order chi connectivity index (χ0) is 31.9. The highest BCUT2D eigenvalue weighted by Crippen LogP contribution is 2.62. The number of aliphatic hydroxyl groups excluding tert-OH is 5. The van der Waals surface area contributed by atoms with Crippen LogP contribution in [0.1, 0.15) is 11.7 Å². The molecule has 2 aromatic rings. The third-order valence-electron chi connectivity index (χ3n) is 6.52. The second-order valence-corrected chi connectivity index (χ2v) is 14.6. The predicted molar refractivity (Wildman–Crippen MR) is 146 cm³/mol. The molecule has 0 spiro atoms. The van der Waals surface area contributed by atoms with Crippen molar-refractivity contribution in [2.75, 3.05) is 18.9 Å². The largest absolute Gasteiger partial charge is 0.481 e. The molecule has 9 N–H and O–H groups in total. The van der Waals surface area contributed by atoms with Crippen molar-refractivity contribution in [3.8, 4) is 0 Å². The molecule has 0 radical (unpaired) electrons. The number of nitrogens with two attached hydrogens (primary N) is 1. The van der Waals surface area contributed by atoms with Crippen LogP contribution in [0.25, 0.3) is 10.2 Å². The van der Waals surface area contributed by atoms with E-state index in [1.54, 1.807) is 0 Å². The van der Waals surface area contributed by atoms with Crippen molar-refractivity contribution >= 4 is 53.7 Å². The molecule has 2 saturated heterocycles. The van der Waals surface area contributed by atoms with Crippen LogP contribution in [0.15, 0.2) is 30.1 Å². The molecule has 7 unspecified atom stereocenters. The topological polar surface area (TPSA) is 257 Å². The van der Waals surface area contributed by atoms with Crippen LogP contribution in [0.5, 0.6) is 0 Å². The minimum absolute atomic E-state index is 0.127. The quantitative estimate of drug-likeness (QED) is 0.110. The van der Waals surface area contributed by atoms with Crippen LogP contribution >= 0.6 is 25.9 Å². The average Bonchev–Trinajstić information content (AvgIpc) is 3.46. The van der Waals surface area contributed by atoms with Gasteiger partial charge in [-0.3, -0.25) is 4.52 Å². The van der Waals surface area contributed by atoms with Crippen molar-refractivity contribution in [2.24, 2.45) is 0 Å². The van der Waals surface area contributed by atoms with Crippen LogP contribution in [0, 0.1) is 0 Å². The number of hydrogen-bond donors (Lipinski definition) is 8. The van der Waals surface area contributed by atoms with Gasteiger partial charge in [-0.1, -0.05) is 6.58 Å². The van der Waals surface area contributed by atoms with Crippen LogP contribution < -0.4 is 5.73 Å². The molecule has 2 aliphatic rings. The van der Waals surface area contributed by atoms with Crippen LogP contribution in [0.3, 0.4) is 0 Å². The number of rotatable bonds is 11. The lowest BCUT2D eigenvalue weighted by atomic mass is 9.89. The van der Waals surface area contributed by atoms with Crippen LogP contribution in [-0.2, 0) is 39.2 Å². The van der Waals surface area contributed by atoms with E-state index in [1.807, 2.05) is 0 Å². The fourth-order valence-corrected chi connectivity index (χ4v) is 8.50. The summed E-state index contributed by atoms with van der Waals surface area (Å²) in [6.07, 6.45) is -16.1. The molecular formula is C21H27F2N3O13P2S2. The molecule has 0 aromatic carbocycles. The maximum Gasteiger partial charge on any atom is 0.481 e. The van der Waals surface area contributed by atoms with Gasteiger partial charge >= 0.3 is 14.5 Å². The van der Waals surface area contributed by atoms with Gasteiger partial charge < -0.3 is 55.1 Å². The Morgan fingerprint density at radius 1 is 1.26 bits per heavy atom. The monoisotopic (exact) mass is 693 g/mol. The van der Waals surface area contributed by atoms with Crippen molar-refractivity contribution < 1.29 is 71.5 Å². The molecule has 0 aliphatic carbocycles. The van der Waals surface area contributed by atoms with E-state index in [4.69, 9.17) is 36.6 Å². The Balaban J connectivity index is 1.46. The average molecular weight is 694 g/mol. The fraction of sp³-hybridized carbons (Fsp3) is 0.571. The number of thiophene rings is 1. The Labute approximate surface area is 250 Å². The highest BCUT2D eigenvalue weighted by Gasteiger charge is 2.58. The lowest BCUT2D eigenvalue weighted by Gasteiger charge is -2.41. The minimum Gasteiger partial charge on any atom is -0.393 e. The Kier molecular flexibility index (Phi) is 10.6. The lowest BCUT2D eigenvalue weighted by molar-refractivity contribution is -0.287. The van der Waals surface area contributed by atoms with E-state index in [1.165, 1.54) is 5.38 Å². The number of hydrogen-bond acceptors (Lipinski definition) is 16. The molecule has 0 saturated carbocycles. The Morgan fingerprint density at radius 2 is 1.95 bits per heavy atom. The van der Waals surface area contributed by atoms with Crippen LogP contribution in [0.2, 0.25) is 0 Å². The van der Waals surface area contributed by atoms with Gasteiger partial charge in [-0.15, -0.1) is 17.1 Å². The van der Waals surface area contributed by atoms with Crippen LogP contribution in [-0.4, -0.2) is 113 Å². The summed E-state index contributed by atoms with van der Waals surface area (Å²) in [5, 5.41) is 51.1. The molecule has 2 fully saturated rings. The van der Waals surface area contributed by atoms with Gasteiger partial charge in [0.2, 0.25) is 0 Å². The maximum atomic E-state index is 16.2. The highest BCUT2D eigenvalue weighted by molar-refractivity contribution is 8.08. The first-order chi connectivity index (χ1) is 20.0. The first-order valence-electron chi connectivity index (χ1n) is 12.1. The molecule has 22 heteroatoms. The van der Waals surface area contributed by atoms with E-state index >= 15 is 4.39 Å². The molecule has 4 rings (SSSR count).